The van der Waals surface area contributed by atoms with Gasteiger partial charge in [0, 0.05) is 30.6 Å². The van der Waals surface area contributed by atoms with Crippen molar-refractivity contribution < 1.29 is 4.79 Å². The van der Waals surface area contributed by atoms with Gasteiger partial charge in [-0.3, -0.25) is 4.79 Å². The number of carbonyl (C=O) groups is 1. The minimum atomic E-state index is 0.0826. The largest absolute Gasteiger partial charge is 0.292 e. The first-order chi connectivity index (χ1) is 9.69. The number of guanidine groups is 1. The van der Waals surface area contributed by atoms with Crippen LogP contribution in [0.25, 0.3) is 0 Å². The van der Waals surface area contributed by atoms with Crippen molar-refractivity contribution in [2.24, 2.45) is 9.98 Å². The van der Waals surface area contributed by atoms with Crippen molar-refractivity contribution in [3.63, 3.8) is 0 Å². The van der Waals surface area contributed by atoms with Gasteiger partial charge in [-0.05, 0) is 19.8 Å². The minimum Gasteiger partial charge on any atom is -0.292 e. The fourth-order valence-electron chi connectivity index (χ4n) is 2.55. The molecule has 1 aliphatic carbocycles. The first-order valence-corrected chi connectivity index (χ1v) is 7.38. The standard InChI is InChI=1S/C14H17ClN4O/c1-10-6-11-8-19-14(17-13(11)12(20)7-10)16-9-18(19)5-3-2-4-15/h6,8H,2-5,7,9H2,1H3. The number of hydrogen-bond donors (Lipinski definition) is 0. The summed E-state index contributed by atoms with van der Waals surface area (Å²) < 4.78 is 0. The Balaban J connectivity index is 1.81. The van der Waals surface area contributed by atoms with Gasteiger partial charge in [-0.2, -0.15) is 5.01 Å². The molecule has 0 fully saturated rings. The smallest absolute Gasteiger partial charge is 0.241 e. The number of nitrogens with zero attached hydrogens (tertiary/aromatic N) is 4. The van der Waals surface area contributed by atoms with Crippen molar-refractivity contribution >= 4 is 29.1 Å². The average molecular weight is 293 g/mol. The fourth-order valence-corrected chi connectivity index (χ4v) is 2.73. The molecular formula is C14H17ClN4O. The summed E-state index contributed by atoms with van der Waals surface area (Å²) in [6.45, 7) is 3.46. The van der Waals surface area contributed by atoms with E-state index < -0.39 is 0 Å². The Labute approximate surface area is 123 Å². The molecule has 0 radical (unpaired) electrons. The Bertz CT molecular complexity index is 562. The second-order valence-corrected chi connectivity index (χ2v) is 5.58. The Morgan fingerprint density at radius 3 is 3.05 bits per heavy atom. The molecule has 0 amide bonds. The third kappa shape index (κ3) is 2.43. The molecule has 106 valence electrons. The lowest BCUT2D eigenvalue weighted by atomic mass is 9.93. The number of aliphatic imine (C=N–C) groups is 2. The number of ketones is 1. The van der Waals surface area contributed by atoms with E-state index in [1.54, 1.807) is 0 Å². The molecule has 0 saturated heterocycles. The van der Waals surface area contributed by atoms with E-state index in [9.17, 15) is 4.79 Å². The molecule has 0 atom stereocenters. The van der Waals surface area contributed by atoms with Crippen molar-refractivity contribution in [3.05, 3.63) is 23.4 Å². The second kappa shape index (κ2) is 5.50. The summed E-state index contributed by atoms with van der Waals surface area (Å²) in [4.78, 5) is 20.8. The Morgan fingerprint density at radius 1 is 1.40 bits per heavy atom. The highest BCUT2D eigenvalue weighted by Crippen LogP contribution is 2.25. The lowest BCUT2D eigenvalue weighted by molar-refractivity contribution is -0.112. The molecule has 0 aromatic carbocycles. The van der Waals surface area contributed by atoms with E-state index in [4.69, 9.17) is 11.6 Å². The molecule has 0 spiro atoms. The quantitative estimate of drug-likeness (QED) is 0.589. The molecular weight excluding hydrogens is 276 g/mol. The predicted molar refractivity (Wildman–Crippen MR) is 79.7 cm³/mol. The highest BCUT2D eigenvalue weighted by molar-refractivity contribution is 6.49. The van der Waals surface area contributed by atoms with E-state index in [1.165, 1.54) is 0 Å². The van der Waals surface area contributed by atoms with Gasteiger partial charge in [0.25, 0.3) is 0 Å². The van der Waals surface area contributed by atoms with Gasteiger partial charge in [-0.1, -0.05) is 11.6 Å². The summed E-state index contributed by atoms with van der Waals surface area (Å²) in [5.74, 6) is 1.39. The third-order valence-electron chi connectivity index (χ3n) is 3.54. The molecule has 0 aromatic heterocycles. The van der Waals surface area contributed by atoms with Crippen LogP contribution in [0.15, 0.2) is 33.4 Å². The Kier molecular flexibility index (Phi) is 3.72. The van der Waals surface area contributed by atoms with Gasteiger partial charge in [0.2, 0.25) is 5.96 Å². The second-order valence-electron chi connectivity index (χ2n) is 5.21. The van der Waals surface area contributed by atoms with Crippen LogP contribution < -0.4 is 0 Å². The van der Waals surface area contributed by atoms with E-state index in [-0.39, 0.29) is 5.78 Å². The molecule has 20 heavy (non-hydrogen) atoms. The van der Waals surface area contributed by atoms with Crippen molar-refractivity contribution in [3.8, 4) is 0 Å². The van der Waals surface area contributed by atoms with Crippen LogP contribution in [-0.2, 0) is 4.79 Å². The lowest BCUT2D eigenvalue weighted by Gasteiger charge is -2.30. The fraction of sp³-hybridized carbons (Fsp3) is 0.500. The third-order valence-corrected chi connectivity index (χ3v) is 3.80. The van der Waals surface area contributed by atoms with Gasteiger partial charge in [0.05, 0.1) is 0 Å². The van der Waals surface area contributed by atoms with Gasteiger partial charge >= 0.3 is 0 Å². The number of hydrogen-bond acceptors (Lipinski definition) is 5. The molecule has 0 unspecified atom stereocenters. The van der Waals surface area contributed by atoms with Crippen LogP contribution in [0.3, 0.4) is 0 Å². The van der Waals surface area contributed by atoms with Gasteiger partial charge < -0.3 is 0 Å². The highest BCUT2D eigenvalue weighted by atomic mass is 35.5. The normalized spacial score (nSPS) is 21.9. The summed E-state index contributed by atoms with van der Waals surface area (Å²) in [5.41, 5.74) is 2.52. The number of fused-ring (bicyclic) bond motifs is 2. The average Bonchev–Trinajstić information content (AvgIpc) is 2.80. The maximum Gasteiger partial charge on any atom is 0.241 e. The van der Waals surface area contributed by atoms with E-state index in [2.05, 4.69) is 15.0 Å². The maximum atomic E-state index is 12.0. The number of allylic oxidation sites excluding steroid dienone is 3. The molecule has 3 rings (SSSR count). The molecule has 2 heterocycles. The summed E-state index contributed by atoms with van der Waals surface area (Å²) in [6, 6.07) is 0. The lowest BCUT2D eigenvalue weighted by Crippen LogP contribution is -2.41. The summed E-state index contributed by atoms with van der Waals surface area (Å²) in [7, 11) is 0. The molecule has 0 bridgehead atoms. The van der Waals surface area contributed by atoms with Gasteiger partial charge in [-0.15, -0.1) is 11.6 Å². The number of Topliss-reactive ketones (excluding diaryl/α,β-unsaturated/α-hetero) is 1. The van der Waals surface area contributed by atoms with Crippen LogP contribution in [0, 0.1) is 0 Å². The van der Waals surface area contributed by atoms with Crippen LogP contribution >= 0.6 is 11.6 Å². The topological polar surface area (TPSA) is 48.3 Å². The van der Waals surface area contributed by atoms with E-state index in [0.29, 0.717) is 30.6 Å². The highest BCUT2D eigenvalue weighted by Gasteiger charge is 2.32. The van der Waals surface area contributed by atoms with E-state index >= 15 is 0 Å². The zero-order valence-corrected chi connectivity index (χ0v) is 12.2. The number of rotatable bonds is 4. The zero-order chi connectivity index (χ0) is 14.1. The first kappa shape index (κ1) is 13.5. The van der Waals surface area contributed by atoms with Gasteiger partial charge in [0.1, 0.15) is 12.4 Å². The van der Waals surface area contributed by atoms with Crippen molar-refractivity contribution in [2.75, 3.05) is 19.1 Å². The Morgan fingerprint density at radius 2 is 2.25 bits per heavy atom. The van der Waals surface area contributed by atoms with Crippen molar-refractivity contribution in [1.82, 2.24) is 10.0 Å². The molecule has 6 heteroatoms. The number of unbranched alkanes of at least 4 members (excludes halogenated alkanes) is 1. The molecule has 0 saturated carbocycles. The van der Waals surface area contributed by atoms with Crippen LogP contribution in [0.1, 0.15) is 26.2 Å². The first-order valence-electron chi connectivity index (χ1n) is 6.85. The molecule has 2 aliphatic heterocycles. The van der Waals surface area contributed by atoms with E-state index in [0.717, 1.165) is 30.5 Å². The molecule has 0 N–H and O–H groups in total. The van der Waals surface area contributed by atoms with Crippen LogP contribution in [0.5, 0.6) is 0 Å². The van der Waals surface area contributed by atoms with Crippen LogP contribution in [0.4, 0.5) is 0 Å². The molecule has 0 aromatic rings. The van der Waals surface area contributed by atoms with Crippen molar-refractivity contribution in [1.29, 1.82) is 0 Å². The predicted octanol–water partition coefficient (Wildman–Crippen LogP) is 2.11. The number of halogens is 1. The monoisotopic (exact) mass is 292 g/mol. The maximum absolute atomic E-state index is 12.0. The molecule has 5 nitrogen and oxygen atoms in total. The SMILES string of the molecule is CC1=CC2=CN3C(=NCN3CCCCCl)N=C2C(=O)C1. The number of carbonyl (C=O) groups excluding carboxylic acids is 1. The summed E-state index contributed by atoms with van der Waals surface area (Å²) in [5, 5.41) is 4.08. The van der Waals surface area contributed by atoms with Gasteiger partial charge in [0.15, 0.2) is 5.78 Å². The molecule has 3 aliphatic rings. The zero-order valence-electron chi connectivity index (χ0n) is 11.5. The van der Waals surface area contributed by atoms with Crippen LogP contribution in [-0.4, -0.2) is 46.6 Å². The van der Waals surface area contributed by atoms with E-state index in [1.807, 2.05) is 24.2 Å². The number of alkyl halides is 1. The van der Waals surface area contributed by atoms with Crippen LogP contribution in [0.2, 0.25) is 0 Å². The summed E-state index contributed by atoms with van der Waals surface area (Å²) in [6.07, 6.45) is 6.48. The summed E-state index contributed by atoms with van der Waals surface area (Å²) >= 11 is 5.71. The van der Waals surface area contributed by atoms with Gasteiger partial charge in [-0.25, -0.2) is 15.0 Å². The minimum absolute atomic E-state index is 0.0826. The Hall–Kier alpha value is -1.46. The number of hydrazine groups is 1. The van der Waals surface area contributed by atoms with Crippen molar-refractivity contribution in [2.45, 2.75) is 26.2 Å².